The summed E-state index contributed by atoms with van der Waals surface area (Å²) in [4.78, 5) is 30.0. The van der Waals surface area contributed by atoms with Gasteiger partial charge >= 0.3 is 0 Å². The molecule has 4 N–H and O–H groups in total. The summed E-state index contributed by atoms with van der Waals surface area (Å²) in [5, 5.41) is 28.0. The molecule has 41 heavy (non-hydrogen) atoms. The second-order valence-corrected chi connectivity index (χ2v) is 13.6. The minimum atomic E-state index is -0.886. The normalized spacial score (nSPS) is 22.5. The van der Waals surface area contributed by atoms with E-state index in [0.29, 0.717) is 35.3 Å². The van der Waals surface area contributed by atoms with Crippen LogP contribution in [-0.4, -0.2) is 69.5 Å². The maximum atomic E-state index is 13.5. The summed E-state index contributed by atoms with van der Waals surface area (Å²) < 4.78 is 0. The number of hydrogen-bond donors (Lipinski definition) is 4. The van der Waals surface area contributed by atoms with Gasteiger partial charge in [-0.05, 0) is 76.6 Å². The van der Waals surface area contributed by atoms with E-state index in [4.69, 9.17) is 0 Å². The van der Waals surface area contributed by atoms with E-state index in [-0.39, 0.29) is 41.6 Å². The molecule has 9 heteroatoms. The van der Waals surface area contributed by atoms with Crippen molar-refractivity contribution in [2.45, 2.75) is 88.4 Å². The maximum Gasteiger partial charge on any atom is 0.252 e. The molecular formula is C32H46ClN3O4S. The summed E-state index contributed by atoms with van der Waals surface area (Å²) in [6, 6.07) is 13.9. The molecule has 2 aliphatic rings. The van der Waals surface area contributed by atoms with Gasteiger partial charge in [-0.1, -0.05) is 43.5 Å². The third-order valence-electron chi connectivity index (χ3n) is 8.23. The number of nitrogens with one attached hydrogen (secondary N) is 2. The average Bonchev–Trinajstić information content (AvgIpc) is 2.91. The molecule has 2 fully saturated rings. The van der Waals surface area contributed by atoms with Gasteiger partial charge in [0.15, 0.2) is 0 Å². The number of phenols is 1. The molecule has 2 amide bonds. The van der Waals surface area contributed by atoms with Crippen LogP contribution < -0.4 is 10.6 Å². The zero-order valence-electron chi connectivity index (χ0n) is 24.6. The molecule has 0 spiro atoms. The number of thioether (sulfide) groups is 1. The van der Waals surface area contributed by atoms with Crippen molar-refractivity contribution in [2.24, 2.45) is 11.8 Å². The Morgan fingerprint density at radius 3 is 2.41 bits per heavy atom. The van der Waals surface area contributed by atoms with Gasteiger partial charge in [0.2, 0.25) is 5.91 Å². The van der Waals surface area contributed by atoms with Crippen LogP contribution in [0, 0.1) is 18.8 Å². The van der Waals surface area contributed by atoms with Crippen LogP contribution in [0.25, 0.3) is 0 Å². The van der Waals surface area contributed by atoms with Gasteiger partial charge in [0, 0.05) is 40.4 Å². The number of rotatable bonds is 9. The zero-order valence-corrected chi connectivity index (χ0v) is 26.3. The monoisotopic (exact) mass is 603 g/mol. The van der Waals surface area contributed by atoms with Crippen molar-refractivity contribution in [3.63, 3.8) is 0 Å². The molecular weight excluding hydrogens is 558 g/mol. The zero-order chi connectivity index (χ0) is 28.9. The highest BCUT2D eigenvalue weighted by atomic mass is 35.5. The Morgan fingerprint density at radius 2 is 1.73 bits per heavy atom. The molecule has 226 valence electrons. The number of halogens is 1. The number of carbonyl (C=O) groups excluding carboxylic acids is 2. The molecule has 1 aliphatic carbocycles. The summed E-state index contributed by atoms with van der Waals surface area (Å²) >= 11 is 1.57. The van der Waals surface area contributed by atoms with Crippen molar-refractivity contribution in [3.05, 3.63) is 59.7 Å². The first-order valence-electron chi connectivity index (χ1n) is 14.5. The number of aromatic hydroxyl groups is 1. The van der Waals surface area contributed by atoms with E-state index in [0.717, 1.165) is 30.7 Å². The van der Waals surface area contributed by atoms with Crippen LogP contribution in [-0.2, 0) is 4.79 Å². The van der Waals surface area contributed by atoms with E-state index in [1.165, 1.54) is 12.8 Å². The molecule has 4 rings (SSSR count). The van der Waals surface area contributed by atoms with Crippen molar-refractivity contribution < 1.29 is 19.8 Å². The topological polar surface area (TPSA) is 102 Å². The fourth-order valence-corrected chi connectivity index (χ4v) is 7.09. The molecule has 0 radical (unpaired) electrons. The molecule has 1 aliphatic heterocycles. The van der Waals surface area contributed by atoms with Crippen LogP contribution in [0.15, 0.2) is 53.4 Å². The highest BCUT2D eigenvalue weighted by Gasteiger charge is 2.41. The number of likely N-dealkylation sites (tertiary alicyclic amines) is 1. The van der Waals surface area contributed by atoms with E-state index in [1.807, 2.05) is 51.1 Å². The number of benzene rings is 2. The van der Waals surface area contributed by atoms with E-state index in [2.05, 4.69) is 15.5 Å². The van der Waals surface area contributed by atoms with Gasteiger partial charge in [0.25, 0.3) is 5.91 Å². The second-order valence-electron chi connectivity index (χ2n) is 12.5. The fourth-order valence-electron chi connectivity index (χ4n) is 6.06. The number of aliphatic hydroxyl groups is 1. The fraction of sp³-hybridized carbons (Fsp3) is 0.562. The number of hydrogen-bond acceptors (Lipinski definition) is 6. The van der Waals surface area contributed by atoms with Crippen molar-refractivity contribution >= 4 is 36.0 Å². The Morgan fingerprint density at radius 1 is 1.05 bits per heavy atom. The second kappa shape index (κ2) is 14.8. The maximum absolute atomic E-state index is 13.5. The highest BCUT2D eigenvalue weighted by molar-refractivity contribution is 7.99. The lowest BCUT2D eigenvalue weighted by atomic mass is 9.72. The van der Waals surface area contributed by atoms with E-state index in [1.54, 1.807) is 36.9 Å². The third kappa shape index (κ3) is 9.11. The molecule has 1 saturated heterocycles. The Balaban J connectivity index is 0.00000462. The smallest absolute Gasteiger partial charge is 0.252 e. The summed E-state index contributed by atoms with van der Waals surface area (Å²) in [6.07, 6.45) is 4.67. The van der Waals surface area contributed by atoms with Gasteiger partial charge in [0.1, 0.15) is 5.75 Å². The average molecular weight is 604 g/mol. The Hall–Kier alpha value is -2.26. The van der Waals surface area contributed by atoms with Crippen molar-refractivity contribution in [2.75, 3.05) is 18.8 Å². The van der Waals surface area contributed by atoms with Crippen LogP contribution in [0.3, 0.4) is 0 Å². The van der Waals surface area contributed by atoms with Crippen molar-refractivity contribution in [3.8, 4) is 5.75 Å². The first-order chi connectivity index (χ1) is 19.0. The summed E-state index contributed by atoms with van der Waals surface area (Å²) in [5.74, 6) is 1.27. The molecule has 0 bridgehead atoms. The largest absolute Gasteiger partial charge is 0.508 e. The van der Waals surface area contributed by atoms with Crippen LogP contribution >= 0.6 is 24.2 Å². The highest BCUT2D eigenvalue weighted by Crippen LogP contribution is 2.39. The number of carbonyl (C=O) groups is 2. The predicted molar refractivity (Wildman–Crippen MR) is 168 cm³/mol. The number of amides is 2. The first-order valence-corrected chi connectivity index (χ1v) is 15.5. The molecule has 2 aromatic rings. The molecule has 5 atom stereocenters. The lowest BCUT2D eigenvalue weighted by molar-refractivity contribution is -0.132. The summed E-state index contributed by atoms with van der Waals surface area (Å²) in [7, 11) is 0. The van der Waals surface area contributed by atoms with Crippen LogP contribution in [0.1, 0.15) is 68.8 Å². The number of phenolic OH excluding ortho intramolecular Hbond substituents is 1. The summed E-state index contributed by atoms with van der Waals surface area (Å²) in [5.41, 5.74) is 0.543. The van der Waals surface area contributed by atoms with Crippen LogP contribution in [0.2, 0.25) is 0 Å². The lowest BCUT2D eigenvalue weighted by Gasteiger charge is -2.47. The van der Waals surface area contributed by atoms with Crippen LogP contribution in [0.4, 0.5) is 0 Å². The van der Waals surface area contributed by atoms with Gasteiger partial charge in [0.05, 0.1) is 18.2 Å². The minimum Gasteiger partial charge on any atom is -0.508 e. The van der Waals surface area contributed by atoms with E-state index in [9.17, 15) is 19.8 Å². The van der Waals surface area contributed by atoms with E-state index < -0.39 is 12.1 Å². The Labute approximate surface area is 255 Å². The molecule has 1 heterocycles. The molecule has 0 unspecified atom stereocenters. The Kier molecular flexibility index (Phi) is 12.0. The number of nitrogens with zero attached hydrogens (tertiary/aromatic N) is 1. The third-order valence-corrected chi connectivity index (χ3v) is 9.36. The van der Waals surface area contributed by atoms with Gasteiger partial charge in [-0.3, -0.25) is 14.5 Å². The Bertz CT molecular complexity index is 1160. The first kappa shape index (κ1) is 33.2. The number of fused-ring (bicyclic) bond motifs is 1. The number of β-amino-alcohol motifs (C(OH)–C–C–N with tert-alkyl or cyclic N) is 1. The standard InChI is InChI=1S/C32H45N3O4S.ClH/c1-21-25(15-10-16-28(21)36)30(38)33-26(20-40-24-13-6-5-7-14-24)29(37)19-35-18-23-12-9-8-11-22(23)17-27(35)31(39)34-32(2,3)4;/h5-7,10,13-16,22-23,26-27,29,36-37H,8-9,11-12,17-20H2,1-4H3,(H,33,38)(H,34,39);1H/t22-,23+,26-,27-,29+;/m0./s1. The quantitative estimate of drug-likeness (QED) is 0.295. The summed E-state index contributed by atoms with van der Waals surface area (Å²) in [6.45, 7) is 8.76. The predicted octanol–water partition coefficient (Wildman–Crippen LogP) is 5.17. The van der Waals surface area contributed by atoms with Gasteiger partial charge in [-0.25, -0.2) is 0 Å². The molecule has 0 aromatic heterocycles. The van der Waals surface area contributed by atoms with Crippen LogP contribution in [0.5, 0.6) is 5.75 Å². The SMILES string of the molecule is Cc1c(O)cccc1C(=O)N[C@@H](CSc1ccccc1)[C@H](O)CN1C[C@H]2CCCC[C@H]2C[C@H]1C(=O)NC(C)(C)C.Cl. The van der Waals surface area contributed by atoms with Gasteiger partial charge < -0.3 is 20.8 Å². The molecule has 2 aromatic carbocycles. The van der Waals surface area contributed by atoms with Crippen molar-refractivity contribution in [1.29, 1.82) is 0 Å². The van der Waals surface area contributed by atoms with Gasteiger partial charge in [-0.2, -0.15) is 0 Å². The van der Waals surface area contributed by atoms with Gasteiger partial charge in [-0.15, -0.1) is 24.2 Å². The lowest BCUT2D eigenvalue weighted by Crippen LogP contribution is -2.60. The number of aliphatic hydroxyl groups excluding tert-OH is 1. The minimum absolute atomic E-state index is 0. The molecule has 1 saturated carbocycles. The van der Waals surface area contributed by atoms with E-state index >= 15 is 0 Å². The molecule has 7 nitrogen and oxygen atoms in total. The number of piperidine rings is 1. The van der Waals surface area contributed by atoms with Crippen molar-refractivity contribution in [1.82, 2.24) is 15.5 Å².